The Bertz CT molecular complexity index is 574. The first kappa shape index (κ1) is 19.9. The molecule has 1 aromatic carbocycles. The summed E-state index contributed by atoms with van der Waals surface area (Å²) in [5.74, 6) is -2.15. The summed E-state index contributed by atoms with van der Waals surface area (Å²) in [6.07, 6.45) is -1.20. The molecule has 1 aliphatic heterocycles. The minimum absolute atomic E-state index is 0.208. The third-order valence-electron chi connectivity index (χ3n) is 3.90. The summed E-state index contributed by atoms with van der Waals surface area (Å²) in [6, 6.07) is 2.20. The SMILES string of the molecule is CCOC(=O)N1CC[NH+](C[C@@H](O)COc2c(F)cc(Br)cc2F)CC1. The number of benzene rings is 1. The lowest BCUT2D eigenvalue weighted by molar-refractivity contribution is -0.907. The summed E-state index contributed by atoms with van der Waals surface area (Å²) in [7, 11) is 0. The number of quaternary nitrogens is 1. The van der Waals surface area contributed by atoms with Gasteiger partial charge in [0.1, 0.15) is 19.3 Å². The van der Waals surface area contributed by atoms with E-state index in [2.05, 4.69) is 15.9 Å². The highest BCUT2D eigenvalue weighted by molar-refractivity contribution is 9.10. The Morgan fingerprint density at radius 2 is 1.96 bits per heavy atom. The lowest BCUT2D eigenvalue weighted by Gasteiger charge is -2.32. The van der Waals surface area contributed by atoms with Crippen molar-refractivity contribution in [3.05, 3.63) is 28.2 Å². The first-order valence-electron chi connectivity index (χ1n) is 8.11. The zero-order chi connectivity index (χ0) is 18.4. The van der Waals surface area contributed by atoms with Crippen molar-refractivity contribution in [2.45, 2.75) is 13.0 Å². The maximum absolute atomic E-state index is 13.7. The van der Waals surface area contributed by atoms with Gasteiger partial charge in [-0.3, -0.25) is 4.90 Å². The molecule has 1 amide bonds. The van der Waals surface area contributed by atoms with Crippen molar-refractivity contribution in [2.24, 2.45) is 0 Å². The number of amides is 1. The number of hydrogen-bond donors (Lipinski definition) is 2. The molecule has 2 N–H and O–H groups in total. The summed E-state index contributed by atoms with van der Waals surface area (Å²) in [6.45, 7) is 4.66. The highest BCUT2D eigenvalue weighted by atomic mass is 79.9. The van der Waals surface area contributed by atoms with Crippen LogP contribution in [0.1, 0.15) is 6.92 Å². The number of carbonyl (C=O) groups excluding carboxylic acids is 1. The maximum Gasteiger partial charge on any atom is 0.410 e. The van der Waals surface area contributed by atoms with E-state index in [9.17, 15) is 18.7 Å². The summed E-state index contributed by atoms with van der Waals surface area (Å²) < 4.78 is 37.7. The Balaban J connectivity index is 1.76. The lowest BCUT2D eigenvalue weighted by Crippen LogP contribution is -3.16. The first-order chi connectivity index (χ1) is 11.9. The van der Waals surface area contributed by atoms with Gasteiger partial charge < -0.3 is 19.5 Å². The molecule has 0 aromatic heterocycles. The van der Waals surface area contributed by atoms with E-state index in [0.717, 1.165) is 17.0 Å². The van der Waals surface area contributed by atoms with E-state index < -0.39 is 23.5 Å². The van der Waals surface area contributed by atoms with Crippen LogP contribution in [0, 0.1) is 11.6 Å². The normalized spacial score (nSPS) is 16.6. The molecule has 1 aliphatic rings. The summed E-state index contributed by atoms with van der Waals surface area (Å²) >= 11 is 2.99. The Labute approximate surface area is 153 Å². The van der Waals surface area contributed by atoms with Gasteiger partial charge in [0.25, 0.3) is 0 Å². The molecule has 140 valence electrons. The molecule has 0 bridgehead atoms. The van der Waals surface area contributed by atoms with Crippen LogP contribution in [0.5, 0.6) is 5.75 Å². The van der Waals surface area contributed by atoms with Crippen LogP contribution in [0.25, 0.3) is 0 Å². The van der Waals surface area contributed by atoms with Gasteiger partial charge in [0.2, 0.25) is 0 Å². The molecule has 0 unspecified atom stereocenters. The predicted molar refractivity (Wildman–Crippen MR) is 89.7 cm³/mol. The number of ether oxygens (including phenoxy) is 2. The Morgan fingerprint density at radius 1 is 1.36 bits per heavy atom. The van der Waals surface area contributed by atoms with Crippen LogP contribution in [-0.2, 0) is 4.74 Å². The van der Waals surface area contributed by atoms with Gasteiger partial charge in [0.15, 0.2) is 17.4 Å². The van der Waals surface area contributed by atoms with Gasteiger partial charge in [0.05, 0.1) is 32.8 Å². The van der Waals surface area contributed by atoms with E-state index in [4.69, 9.17) is 9.47 Å². The molecule has 1 saturated heterocycles. The van der Waals surface area contributed by atoms with Crippen LogP contribution in [0.15, 0.2) is 16.6 Å². The minimum atomic E-state index is -0.869. The quantitative estimate of drug-likeness (QED) is 0.710. The van der Waals surface area contributed by atoms with E-state index in [1.54, 1.807) is 11.8 Å². The van der Waals surface area contributed by atoms with E-state index in [1.807, 2.05) is 0 Å². The molecule has 1 aromatic rings. The zero-order valence-electron chi connectivity index (χ0n) is 13.9. The average Bonchev–Trinajstić information content (AvgIpc) is 2.54. The number of nitrogens with zero attached hydrogens (tertiary/aromatic N) is 1. The second-order valence-corrected chi connectivity index (χ2v) is 6.72. The fraction of sp³-hybridized carbons (Fsp3) is 0.562. The van der Waals surface area contributed by atoms with Gasteiger partial charge >= 0.3 is 6.09 Å². The first-order valence-corrected chi connectivity index (χ1v) is 8.90. The molecule has 1 fully saturated rings. The Hall–Kier alpha value is -1.45. The second-order valence-electron chi connectivity index (χ2n) is 5.80. The lowest BCUT2D eigenvalue weighted by atomic mass is 10.2. The maximum atomic E-state index is 13.7. The number of halogens is 3. The van der Waals surface area contributed by atoms with Crippen LogP contribution in [-0.4, -0.2) is 68.1 Å². The summed E-state index contributed by atoms with van der Waals surface area (Å²) in [5, 5.41) is 10.1. The van der Waals surface area contributed by atoms with Gasteiger partial charge in [-0.05, 0) is 19.1 Å². The smallest absolute Gasteiger partial charge is 0.410 e. The van der Waals surface area contributed by atoms with Crippen LogP contribution >= 0.6 is 15.9 Å². The molecule has 0 spiro atoms. The molecule has 9 heteroatoms. The number of rotatable bonds is 6. The molecule has 0 aliphatic carbocycles. The fourth-order valence-electron chi connectivity index (χ4n) is 2.66. The van der Waals surface area contributed by atoms with Crippen molar-refractivity contribution in [1.82, 2.24) is 4.90 Å². The van der Waals surface area contributed by atoms with Gasteiger partial charge in [-0.25, -0.2) is 13.6 Å². The average molecular weight is 424 g/mol. The number of piperazine rings is 1. The molecular formula is C16H22BrF2N2O4+. The van der Waals surface area contributed by atoms with Crippen molar-refractivity contribution in [2.75, 3.05) is 45.9 Å². The summed E-state index contributed by atoms with van der Waals surface area (Å²) in [5.41, 5.74) is 0. The molecule has 1 atom stereocenters. The third-order valence-corrected chi connectivity index (χ3v) is 4.36. The monoisotopic (exact) mass is 423 g/mol. The fourth-order valence-corrected chi connectivity index (χ4v) is 3.06. The van der Waals surface area contributed by atoms with E-state index >= 15 is 0 Å². The number of aliphatic hydroxyl groups excluding tert-OH is 1. The number of carbonyl (C=O) groups is 1. The Morgan fingerprint density at radius 3 is 2.52 bits per heavy atom. The van der Waals surface area contributed by atoms with Gasteiger partial charge in [0, 0.05) is 4.47 Å². The molecule has 2 rings (SSSR count). The second kappa shape index (κ2) is 9.30. The molecule has 6 nitrogen and oxygen atoms in total. The van der Waals surface area contributed by atoms with Crippen LogP contribution < -0.4 is 9.64 Å². The molecular weight excluding hydrogens is 402 g/mol. The van der Waals surface area contributed by atoms with E-state index in [1.165, 1.54) is 0 Å². The van der Waals surface area contributed by atoms with Gasteiger partial charge in [-0.2, -0.15) is 0 Å². The van der Waals surface area contributed by atoms with Crippen LogP contribution in [0.2, 0.25) is 0 Å². The van der Waals surface area contributed by atoms with Crippen LogP contribution in [0.3, 0.4) is 0 Å². The Kier molecular flexibility index (Phi) is 7.39. The molecule has 25 heavy (non-hydrogen) atoms. The van der Waals surface area contributed by atoms with Crippen molar-refractivity contribution >= 4 is 22.0 Å². The number of aliphatic hydroxyl groups is 1. The van der Waals surface area contributed by atoms with Crippen LogP contribution in [0.4, 0.5) is 13.6 Å². The molecule has 0 radical (unpaired) electrons. The van der Waals surface area contributed by atoms with E-state index in [-0.39, 0.29) is 17.2 Å². The highest BCUT2D eigenvalue weighted by Gasteiger charge is 2.26. The number of hydrogen-bond acceptors (Lipinski definition) is 4. The molecule has 1 heterocycles. The van der Waals surface area contributed by atoms with Crippen molar-refractivity contribution in [3.8, 4) is 5.75 Å². The largest absolute Gasteiger partial charge is 0.485 e. The molecule has 0 saturated carbocycles. The third kappa shape index (κ3) is 5.79. The standard InChI is InChI=1S/C16H21BrF2N2O4/c1-2-24-16(23)21-5-3-20(4-6-21)9-12(22)10-25-15-13(18)7-11(17)8-14(15)19/h7-8,12,22H,2-6,9-10H2,1H3/p+1/t12-/m1/s1. The van der Waals surface area contributed by atoms with Crippen molar-refractivity contribution in [3.63, 3.8) is 0 Å². The minimum Gasteiger partial charge on any atom is -0.485 e. The van der Waals surface area contributed by atoms with Gasteiger partial charge in [-0.15, -0.1) is 0 Å². The zero-order valence-corrected chi connectivity index (χ0v) is 15.5. The topological polar surface area (TPSA) is 63.4 Å². The number of nitrogens with one attached hydrogen (secondary N) is 1. The van der Waals surface area contributed by atoms with Crippen molar-refractivity contribution in [1.29, 1.82) is 0 Å². The summed E-state index contributed by atoms with van der Waals surface area (Å²) in [4.78, 5) is 14.3. The van der Waals surface area contributed by atoms with Gasteiger partial charge in [-0.1, -0.05) is 15.9 Å². The highest BCUT2D eigenvalue weighted by Crippen LogP contribution is 2.25. The predicted octanol–water partition coefficient (Wildman–Crippen LogP) is 0.824. The van der Waals surface area contributed by atoms with Crippen molar-refractivity contribution < 1.29 is 33.1 Å². The van der Waals surface area contributed by atoms with E-state index in [0.29, 0.717) is 39.3 Å².